The molecule has 1 fully saturated rings. The summed E-state index contributed by atoms with van der Waals surface area (Å²) in [6.45, 7) is 5.52. The Morgan fingerprint density at radius 2 is 1.80 bits per heavy atom. The maximum absolute atomic E-state index is 12.7. The largest absolute Gasteiger partial charge is 0.329 e. The lowest BCUT2D eigenvalue weighted by Crippen LogP contribution is -2.26. The van der Waals surface area contributed by atoms with Gasteiger partial charge in [-0.25, -0.2) is 4.79 Å². The number of nitrogens with zero attached hydrogens (tertiary/aromatic N) is 3. The number of nitrogens with one attached hydrogen (secondary N) is 1. The van der Waals surface area contributed by atoms with Gasteiger partial charge >= 0.3 is 5.69 Å². The van der Waals surface area contributed by atoms with Crippen LogP contribution in [0.15, 0.2) is 47.3 Å². The number of para-hydroxylation sites is 2. The Labute approximate surface area is 174 Å². The zero-order valence-electron chi connectivity index (χ0n) is 17.4. The lowest BCUT2D eigenvalue weighted by molar-refractivity contribution is -0.117. The van der Waals surface area contributed by atoms with Crippen LogP contribution >= 0.6 is 0 Å². The number of anilines is 2. The molecule has 1 aliphatic heterocycles. The van der Waals surface area contributed by atoms with E-state index in [1.807, 2.05) is 56.3 Å². The smallest absolute Gasteiger partial charge is 0.326 e. The molecule has 7 nitrogen and oxygen atoms in total. The summed E-state index contributed by atoms with van der Waals surface area (Å²) in [6.07, 6.45) is 1.67. The second-order valence-electron chi connectivity index (χ2n) is 7.62. The van der Waals surface area contributed by atoms with Gasteiger partial charge < -0.3 is 10.2 Å². The third kappa shape index (κ3) is 3.63. The summed E-state index contributed by atoms with van der Waals surface area (Å²) in [7, 11) is 0. The molecule has 2 aromatic carbocycles. The molecule has 0 radical (unpaired) electrons. The molecule has 0 bridgehead atoms. The van der Waals surface area contributed by atoms with Crippen molar-refractivity contribution in [2.24, 2.45) is 0 Å². The molecule has 1 aromatic heterocycles. The number of fused-ring (bicyclic) bond motifs is 1. The summed E-state index contributed by atoms with van der Waals surface area (Å²) in [6, 6.07) is 13.2. The third-order valence-electron chi connectivity index (χ3n) is 5.65. The van der Waals surface area contributed by atoms with Gasteiger partial charge in [0.25, 0.3) is 0 Å². The van der Waals surface area contributed by atoms with Crippen molar-refractivity contribution in [3.63, 3.8) is 0 Å². The van der Waals surface area contributed by atoms with Crippen LogP contribution in [0.3, 0.4) is 0 Å². The molecular weight excluding hydrogens is 380 g/mol. The first-order valence-electron chi connectivity index (χ1n) is 10.4. The van der Waals surface area contributed by atoms with Gasteiger partial charge in [-0.1, -0.05) is 12.1 Å². The molecule has 1 saturated heterocycles. The molecule has 0 spiro atoms. The number of aromatic nitrogens is 2. The summed E-state index contributed by atoms with van der Waals surface area (Å²) in [4.78, 5) is 39.0. The Morgan fingerprint density at radius 1 is 1.07 bits per heavy atom. The molecule has 2 amide bonds. The fraction of sp³-hybridized carbons (Fsp3) is 0.348. The quantitative estimate of drug-likeness (QED) is 0.682. The van der Waals surface area contributed by atoms with Crippen LogP contribution in [0.2, 0.25) is 0 Å². The first-order chi connectivity index (χ1) is 14.5. The number of benzene rings is 2. The average molecular weight is 406 g/mol. The fourth-order valence-corrected chi connectivity index (χ4v) is 4.17. The van der Waals surface area contributed by atoms with Crippen molar-refractivity contribution in [1.82, 2.24) is 9.13 Å². The highest BCUT2D eigenvalue weighted by molar-refractivity contribution is 5.97. The van der Waals surface area contributed by atoms with Crippen molar-refractivity contribution in [2.75, 3.05) is 16.8 Å². The number of hydrogen-bond acceptors (Lipinski definition) is 3. The SMILES string of the molecule is CCn1c(=O)n(CCC(=O)Nc2ccc(N3CCCC3=O)c(C)c2)c2ccccc21. The van der Waals surface area contributed by atoms with Gasteiger partial charge in [0.05, 0.1) is 11.0 Å². The molecular formula is C23H26N4O3. The fourth-order valence-electron chi connectivity index (χ4n) is 4.17. The molecule has 30 heavy (non-hydrogen) atoms. The van der Waals surface area contributed by atoms with Crippen LogP contribution in [0.4, 0.5) is 11.4 Å². The van der Waals surface area contributed by atoms with E-state index in [2.05, 4.69) is 5.32 Å². The van der Waals surface area contributed by atoms with E-state index in [1.54, 1.807) is 14.0 Å². The molecule has 0 unspecified atom stereocenters. The summed E-state index contributed by atoms with van der Waals surface area (Å²) in [5.41, 5.74) is 4.17. The van der Waals surface area contributed by atoms with Crippen LogP contribution in [-0.4, -0.2) is 27.5 Å². The number of aryl methyl sites for hydroxylation is 3. The van der Waals surface area contributed by atoms with Gasteiger partial charge in [0.15, 0.2) is 0 Å². The molecule has 0 saturated carbocycles. The van der Waals surface area contributed by atoms with Crippen molar-refractivity contribution in [1.29, 1.82) is 0 Å². The lowest BCUT2D eigenvalue weighted by Gasteiger charge is -2.19. The van der Waals surface area contributed by atoms with Gasteiger partial charge in [0, 0.05) is 43.9 Å². The van der Waals surface area contributed by atoms with E-state index in [9.17, 15) is 14.4 Å². The van der Waals surface area contributed by atoms with Crippen LogP contribution in [-0.2, 0) is 22.7 Å². The van der Waals surface area contributed by atoms with Gasteiger partial charge in [0.2, 0.25) is 11.8 Å². The number of rotatable bonds is 6. The van der Waals surface area contributed by atoms with Gasteiger partial charge in [-0.3, -0.25) is 18.7 Å². The van der Waals surface area contributed by atoms with Gasteiger partial charge in [-0.15, -0.1) is 0 Å². The van der Waals surface area contributed by atoms with E-state index >= 15 is 0 Å². The minimum atomic E-state index is -0.153. The van der Waals surface area contributed by atoms with Gasteiger partial charge in [-0.05, 0) is 56.2 Å². The molecule has 3 aromatic rings. The van der Waals surface area contributed by atoms with Crippen molar-refractivity contribution >= 4 is 34.2 Å². The van der Waals surface area contributed by atoms with E-state index < -0.39 is 0 Å². The monoisotopic (exact) mass is 406 g/mol. The van der Waals surface area contributed by atoms with Crippen molar-refractivity contribution in [3.8, 4) is 0 Å². The zero-order chi connectivity index (χ0) is 21.3. The Bertz CT molecular complexity index is 1170. The van der Waals surface area contributed by atoms with Gasteiger partial charge in [-0.2, -0.15) is 0 Å². The molecule has 0 aliphatic carbocycles. The summed E-state index contributed by atoms with van der Waals surface area (Å²) >= 11 is 0. The second-order valence-corrected chi connectivity index (χ2v) is 7.62. The molecule has 2 heterocycles. The second kappa shape index (κ2) is 8.18. The predicted octanol–water partition coefficient (Wildman–Crippen LogP) is 3.29. The number of carbonyl (C=O) groups excluding carboxylic acids is 2. The van der Waals surface area contributed by atoms with E-state index in [-0.39, 0.29) is 23.9 Å². The van der Waals surface area contributed by atoms with E-state index in [4.69, 9.17) is 0 Å². The number of amides is 2. The summed E-state index contributed by atoms with van der Waals surface area (Å²) in [5.74, 6) is -0.00815. The molecule has 4 rings (SSSR count). The highest BCUT2D eigenvalue weighted by Crippen LogP contribution is 2.27. The first-order valence-corrected chi connectivity index (χ1v) is 10.4. The Kier molecular flexibility index (Phi) is 5.44. The van der Waals surface area contributed by atoms with Crippen LogP contribution in [0, 0.1) is 6.92 Å². The molecule has 7 heteroatoms. The molecule has 156 valence electrons. The Morgan fingerprint density at radius 3 is 2.43 bits per heavy atom. The number of carbonyl (C=O) groups is 2. The van der Waals surface area contributed by atoms with Crippen molar-refractivity contribution in [2.45, 2.75) is 46.2 Å². The maximum Gasteiger partial charge on any atom is 0.329 e. The van der Waals surface area contributed by atoms with Crippen LogP contribution < -0.4 is 15.9 Å². The molecule has 1 aliphatic rings. The average Bonchev–Trinajstić information content (AvgIpc) is 3.26. The van der Waals surface area contributed by atoms with Crippen LogP contribution in [0.5, 0.6) is 0 Å². The first kappa shape index (κ1) is 19.9. The predicted molar refractivity (Wildman–Crippen MR) is 118 cm³/mol. The minimum Gasteiger partial charge on any atom is -0.326 e. The highest BCUT2D eigenvalue weighted by atomic mass is 16.2. The third-order valence-corrected chi connectivity index (χ3v) is 5.65. The maximum atomic E-state index is 12.7. The molecule has 1 N–H and O–H groups in total. The highest BCUT2D eigenvalue weighted by Gasteiger charge is 2.23. The van der Waals surface area contributed by atoms with Crippen molar-refractivity contribution < 1.29 is 9.59 Å². The molecule has 0 atom stereocenters. The summed E-state index contributed by atoms with van der Waals surface area (Å²) < 4.78 is 3.38. The van der Waals surface area contributed by atoms with E-state index in [0.717, 1.165) is 35.2 Å². The minimum absolute atomic E-state index is 0.0954. The van der Waals surface area contributed by atoms with E-state index in [1.165, 1.54) is 0 Å². The van der Waals surface area contributed by atoms with E-state index in [0.29, 0.717) is 25.2 Å². The summed E-state index contributed by atoms with van der Waals surface area (Å²) in [5, 5.41) is 2.91. The number of imidazole rings is 1. The van der Waals surface area contributed by atoms with Crippen LogP contribution in [0.25, 0.3) is 11.0 Å². The van der Waals surface area contributed by atoms with Crippen molar-refractivity contribution in [3.05, 3.63) is 58.5 Å². The number of hydrogen-bond donors (Lipinski definition) is 1. The van der Waals surface area contributed by atoms with Crippen LogP contribution in [0.1, 0.15) is 31.7 Å². The normalized spacial score (nSPS) is 13.9. The lowest BCUT2D eigenvalue weighted by atomic mass is 10.1. The Hall–Kier alpha value is -3.35. The van der Waals surface area contributed by atoms with Gasteiger partial charge in [0.1, 0.15) is 0 Å². The standard InChI is InChI=1S/C23H26N4O3/c1-3-25-19-7-4-5-8-20(19)27(23(25)30)14-12-21(28)24-17-10-11-18(16(2)15-17)26-13-6-9-22(26)29/h4-5,7-8,10-11,15H,3,6,9,12-14H2,1-2H3,(H,24,28). The Balaban J connectivity index is 1.45. The topological polar surface area (TPSA) is 76.3 Å². The zero-order valence-corrected chi connectivity index (χ0v) is 17.4.